The van der Waals surface area contributed by atoms with E-state index in [1.807, 2.05) is 6.07 Å². The van der Waals surface area contributed by atoms with Crippen LogP contribution >= 0.6 is 46.0 Å². The van der Waals surface area contributed by atoms with Crippen LogP contribution < -0.4 is 10.9 Å². The first kappa shape index (κ1) is 21.6. The fraction of sp³-hybridized carbons (Fsp3) is 0.238. The van der Waals surface area contributed by atoms with E-state index in [1.54, 1.807) is 45.7 Å². The smallest absolute Gasteiger partial charge is 0.267 e. The van der Waals surface area contributed by atoms with Crippen molar-refractivity contribution in [3.05, 3.63) is 61.7 Å². The summed E-state index contributed by atoms with van der Waals surface area (Å²) in [6, 6.07) is 7.13. The number of benzene rings is 1. The summed E-state index contributed by atoms with van der Waals surface area (Å²) in [7, 11) is 2.08. The fourth-order valence-electron chi connectivity index (χ4n) is 3.66. The first-order valence-corrected chi connectivity index (χ1v) is 12.9. The Balaban J connectivity index is 1.58. The highest BCUT2D eigenvalue weighted by molar-refractivity contribution is 7.99. The Labute approximate surface area is 201 Å². The number of hydrogen-bond donors (Lipinski definition) is 1. The van der Waals surface area contributed by atoms with Crippen LogP contribution in [0.5, 0.6) is 0 Å². The van der Waals surface area contributed by atoms with Gasteiger partial charge in [0.1, 0.15) is 4.83 Å². The van der Waals surface area contributed by atoms with E-state index in [1.165, 1.54) is 28.0 Å². The Kier molecular flexibility index (Phi) is 6.04. The Morgan fingerprint density at radius 2 is 2.25 bits per heavy atom. The number of aromatic nitrogens is 3. The third-order valence-electron chi connectivity index (χ3n) is 5.11. The first-order chi connectivity index (χ1) is 15.5. The fourth-order valence-corrected chi connectivity index (χ4v) is 6.55. The first-order valence-electron chi connectivity index (χ1n) is 9.83. The number of nitrogens with zero attached hydrogens (tertiary/aromatic N) is 4. The maximum Gasteiger partial charge on any atom is 0.267 e. The Bertz CT molecular complexity index is 1370. The lowest BCUT2D eigenvalue weighted by atomic mass is 10.1. The highest BCUT2D eigenvalue weighted by atomic mass is 35.5. The van der Waals surface area contributed by atoms with Gasteiger partial charge in [0, 0.05) is 34.6 Å². The predicted molar refractivity (Wildman–Crippen MR) is 132 cm³/mol. The molecule has 5 rings (SSSR count). The molecule has 3 aromatic heterocycles. The quantitative estimate of drug-likeness (QED) is 0.323. The van der Waals surface area contributed by atoms with Crippen molar-refractivity contribution in [2.24, 2.45) is 0 Å². The van der Waals surface area contributed by atoms with Crippen molar-refractivity contribution >= 4 is 67.3 Å². The van der Waals surface area contributed by atoms with Crippen molar-refractivity contribution in [2.45, 2.75) is 18.1 Å². The minimum atomic E-state index is -0.205. The van der Waals surface area contributed by atoms with Crippen molar-refractivity contribution in [3.8, 4) is 5.69 Å². The Hall–Kier alpha value is -2.24. The Morgan fingerprint density at radius 1 is 1.38 bits per heavy atom. The molecule has 1 aliphatic rings. The van der Waals surface area contributed by atoms with Gasteiger partial charge in [0.25, 0.3) is 5.56 Å². The minimum Gasteiger partial charge on any atom is -0.301 e. The number of hydrogen-bond acceptors (Lipinski definition) is 8. The number of carbonyl (C=O) groups is 1. The molecule has 0 bridgehead atoms. The molecule has 1 N–H and O–H groups in total. The van der Waals surface area contributed by atoms with Gasteiger partial charge in [-0.1, -0.05) is 29.4 Å². The van der Waals surface area contributed by atoms with Crippen molar-refractivity contribution < 1.29 is 4.79 Å². The molecule has 32 heavy (non-hydrogen) atoms. The molecule has 0 saturated heterocycles. The lowest BCUT2D eigenvalue weighted by Gasteiger charge is -2.21. The summed E-state index contributed by atoms with van der Waals surface area (Å²) in [5, 5.41) is 6.77. The van der Waals surface area contributed by atoms with Crippen LogP contribution in [0.25, 0.3) is 15.9 Å². The second-order valence-electron chi connectivity index (χ2n) is 7.36. The zero-order valence-corrected chi connectivity index (χ0v) is 20.2. The van der Waals surface area contributed by atoms with Crippen LogP contribution in [-0.4, -0.2) is 44.7 Å². The maximum absolute atomic E-state index is 13.7. The molecule has 0 spiro atoms. The van der Waals surface area contributed by atoms with Gasteiger partial charge >= 0.3 is 0 Å². The van der Waals surface area contributed by atoms with Gasteiger partial charge in [-0.25, -0.2) is 9.97 Å². The number of amides is 1. The highest BCUT2D eigenvalue weighted by Gasteiger charge is 2.25. The lowest BCUT2D eigenvalue weighted by molar-refractivity contribution is -0.113. The molecule has 4 aromatic rings. The van der Waals surface area contributed by atoms with E-state index in [2.05, 4.69) is 22.2 Å². The topological polar surface area (TPSA) is 80.1 Å². The van der Waals surface area contributed by atoms with Crippen LogP contribution in [0.3, 0.4) is 0 Å². The number of thioether (sulfide) groups is 1. The van der Waals surface area contributed by atoms with Crippen LogP contribution in [0.15, 0.2) is 45.8 Å². The minimum absolute atomic E-state index is 0.103. The van der Waals surface area contributed by atoms with Crippen LogP contribution in [0.1, 0.15) is 10.4 Å². The van der Waals surface area contributed by atoms with Gasteiger partial charge in [-0.2, -0.15) is 0 Å². The zero-order chi connectivity index (χ0) is 22.2. The number of thiazole rings is 1. The van der Waals surface area contributed by atoms with E-state index in [-0.39, 0.29) is 17.2 Å². The van der Waals surface area contributed by atoms with Gasteiger partial charge in [0.2, 0.25) is 5.91 Å². The molecule has 1 aliphatic heterocycles. The summed E-state index contributed by atoms with van der Waals surface area (Å²) in [4.78, 5) is 39.2. The normalized spacial score (nSPS) is 13.9. The lowest BCUT2D eigenvalue weighted by Crippen LogP contribution is -2.27. The van der Waals surface area contributed by atoms with Gasteiger partial charge in [0.05, 0.1) is 16.8 Å². The summed E-state index contributed by atoms with van der Waals surface area (Å²) >= 11 is 10.4. The number of fused-ring (bicyclic) bond motifs is 3. The summed E-state index contributed by atoms with van der Waals surface area (Å²) in [6.45, 7) is 1.72. The number of likely N-dealkylation sites (N-methyl/N-ethyl adjacent to an activating group) is 1. The van der Waals surface area contributed by atoms with Crippen LogP contribution in [-0.2, 0) is 17.8 Å². The average Bonchev–Trinajstić information content (AvgIpc) is 3.39. The van der Waals surface area contributed by atoms with Crippen LogP contribution in [0.4, 0.5) is 5.13 Å². The van der Waals surface area contributed by atoms with Crippen molar-refractivity contribution in [2.75, 3.05) is 24.7 Å². The van der Waals surface area contributed by atoms with Gasteiger partial charge in [-0.05, 0) is 37.2 Å². The molecule has 0 fully saturated rings. The van der Waals surface area contributed by atoms with E-state index in [4.69, 9.17) is 16.6 Å². The second kappa shape index (κ2) is 8.95. The molecule has 1 aromatic carbocycles. The van der Waals surface area contributed by atoms with Gasteiger partial charge in [-0.3, -0.25) is 14.2 Å². The molecule has 1 amide bonds. The van der Waals surface area contributed by atoms with Gasteiger partial charge in [-0.15, -0.1) is 22.7 Å². The molecule has 4 heterocycles. The number of thiophene rings is 1. The molecule has 0 aliphatic carbocycles. The molecular formula is C21H18ClN5O2S3. The largest absolute Gasteiger partial charge is 0.301 e. The molecule has 0 saturated carbocycles. The SMILES string of the molecule is CN1CCc2c(sc3nc(SCC(=O)Nc4nccs4)n(-c4cccc(Cl)c4)c(=O)c23)C1. The van der Waals surface area contributed by atoms with E-state index >= 15 is 0 Å². The summed E-state index contributed by atoms with van der Waals surface area (Å²) in [5.74, 6) is -0.101. The van der Waals surface area contributed by atoms with Crippen molar-refractivity contribution in [1.29, 1.82) is 0 Å². The zero-order valence-electron chi connectivity index (χ0n) is 17.0. The van der Waals surface area contributed by atoms with E-state index < -0.39 is 0 Å². The molecular weight excluding hydrogens is 486 g/mol. The number of nitrogens with one attached hydrogen (secondary N) is 1. The van der Waals surface area contributed by atoms with Gasteiger partial charge in [0.15, 0.2) is 10.3 Å². The van der Waals surface area contributed by atoms with Gasteiger partial charge < -0.3 is 10.2 Å². The Morgan fingerprint density at radius 3 is 3.03 bits per heavy atom. The average molecular weight is 504 g/mol. The van der Waals surface area contributed by atoms with Crippen molar-refractivity contribution in [1.82, 2.24) is 19.4 Å². The van der Waals surface area contributed by atoms with Crippen molar-refractivity contribution in [3.63, 3.8) is 0 Å². The molecule has 0 unspecified atom stereocenters. The van der Waals surface area contributed by atoms with E-state index in [0.717, 1.165) is 29.9 Å². The summed E-state index contributed by atoms with van der Waals surface area (Å²) < 4.78 is 1.57. The molecule has 0 radical (unpaired) electrons. The van der Waals surface area contributed by atoms with Crippen LogP contribution in [0.2, 0.25) is 5.02 Å². The standard InChI is InChI=1S/C21H18ClN5O2S3/c1-26-7-5-14-15(10-26)32-18-17(14)19(29)27(13-4-2-3-12(22)9-13)21(25-18)31-11-16(28)24-20-23-6-8-30-20/h2-4,6,8-9H,5,7,10-11H2,1H3,(H,23,24,28). The number of anilines is 1. The molecule has 164 valence electrons. The molecule has 11 heteroatoms. The molecule has 7 nitrogen and oxygen atoms in total. The van der Waals surface area contributed by atoms with Crippen LogP contribution in [0, 0.1) is 0 Å². The number of rotatable bonds is 5. The third kappa shape index (κ3) is 4.20. The monoisotopic (exact) mass is 503 g/mol. The summed E-state index contributed by atoms with van der Waals surface area (Å²) in [5.41, 5.74) is 1.60. The van der Waals surface area contributed by atoms with E-state index in [0.29, 0.717) is 26.4 Å². The molecule has 0 atom stereocenters. The maximum atomic E-state index is 13.7. The van der Waals surface area contributed by atoms with E-state index in [9.17, 15) is 9.59 Å². The predicted octanol–water partition coefficient (Wildman–Crippen LogP) is 4.28. The number of halogens is 1. The third-order valence-corrected chi connectivity index (χ3v) is 8.08. The highest BCUT2D eigenvalue weighted by Crippen LogP contribution is 2.34. The second-order valence-corrected chi connectivity index (χ2v) is 10.7. The summed E-state index contributed by atoms with van der Waals surface area (Å²) in [6.07, 6.45) is 2.46. The number of carbonyl (C=O) groups excluding carboxylic acids is 1.